The van der Waals surface area contributed by atoms with Crippen LogP contribution in [0.5, 0.6) is 0 Å². The lowest BCUT2D eigenvalue weighted by atomic mass is 10.2. The first-order chi connectivity index (χ1) is 9.74. The number of carbonyl (C=O) groups is 1. The molecule has 1 unspecified atom stereocenters. The minimum atomic E-state index is -0.187. The van der Waals surface area contributed by atoms with Crippen molar-refractivity contribution in [3.05, 3.63) is 29.1 Å². The minimum Gasteiger partial charge on any atom is -0.361 e. The maximum absolute atomic E-state index is 11.9. The molecule has 0 radical (unpaired) electrons. The number of aryl methyl sites for hydroxylation is 1. The number of hydrogen-bond donors (Lipinski definition) is 1. The van der Waals surface area contributed by atoms with E-state index in [0.29, 0.717) is 24.0 Å². The third-order valence-electron chi connectivity index (χ3n) is 3.40. The fourth-order valence-corrected chi connectivity index (χ4v) is 3.17. The molecule has 2 aromatic rings. The third-order valence-corrected chi connectivity index (χ3v) is 4.21. The quantitative estimate of drug-likeness (QED) is 0.931. The summed E-state index contributed by atoms with van der Waals surface area (Å²) in [7, 11) is 0. The second kappa shape index (κ2) is 5.62. The minimum absolute atomic E-state index is 0.187. The van der Waals surface area contributed by atoms with Crippen molar-refractivity contribution in [3.8, 4) is 0 Å². The molecule has 1 aliphatic heterocycles. The fourth-order valence-electron chi connectivity index (χ4n) is 2.43. The van der Waals surface area contributed by atoms with Crippen LogP contribution in [0.3, 0.4) is 0 Å². The zero-order valence-electron chi connectivity index (χ0n) is 11.2. The number of nitrogens with zero attached hydrogens (tertiary/aromatic N) is 3. The first-order valence-electron chi connectivity index (χ1n) is 6.61. The van der Waals surface area contributed by atoms with E-state index in [1.54, 1.807) is 24.3 Å². The van der Waals surface area contributed by atoms with Gasteiger partial charge in [-0.2, -0.15) is 0 Å². The van der Waals surface area contributed by atoms with Gasteiger partial charge in [-0.15, -0.1) is 11.3 Å². The number of thiazole rings is 1. The molecule has 20 heavy (non-hydrogen) atoms. The highest BCUT2D eigenvalue weighted by molar-refractivity contribution is 7.13. The molecule has 1 atom stereocenters. The molecule has 1 saturated heterocycles. The molecule has 1 amide bonds. The van der Waals surface area contributed by atoms with Crippen molar-refractivity contribution in [3.63, 3.8) is 0 Å². The molecule has 7 heteroatoms. The molecular weight excluding hydrogens is 276 g/mol. The van der Waals surface area contributed by atoms with E-state index in [4.69, 9.17) is 4.52 Å². The molecule has 0 bridgehead atoms. The van der Waals surface area contributed by atoms with Gasteiger partial charge in [-0.05, 0) is 19.8 Å². The average molecular weight is 292 g/mol. The van der Waals surface area contributed by atoms with Gasteiger partial charge in [0, 0.05) is 36.8 Å². The summed E-state index contributed by atoms with van der Waals surface area (Å²) in [5.41, 5.74) is 0.335. The smallest absolute Gasteiger partial charge is 0.273 e. The van der Waals surface area contributed by atoms with Crippen LogP contribution < -0.4 is 10.2 Å². The van der Waals surface area contributed by atoms with E-state index in [1.165, 1.54) is 0 Å². The highest BCUT2D eigenvalue weighted by atomic mass is 32.1. The van der Waals surface area contributed by atoms with Crippen molar-refractivity contribution >= 4 is 22.4 Å². The normalized spacial score (nSPS) is 18.4. The van der Waals surface area contributed by atoms with Gasteiger partial charge in [-0.25, -0.2) is 4.98 Å². The van der Waals surface area contributed by atoms with Gasteiger partial charge in [-0.1, -0.05) is 5.16 Å². The second-order valence-electron chi connectivity index (χ2n) is 4.84. The van der Waals surface area contributed by atoms with E-state index in [1.807, 2.05) is 11.6 Å². The predicted molar refractivity (Wildman–Crippen MR) is 76.1 cm³/mol. The van der Waals surface area contributed by atoms with E-state index >= 15 is 0 Å². The second-order valence-corrected chi connectivity index (χ2v) is 5.71. The maximum Gasteiger partial charge on any atom is 0.273 e. The number of aromatic nitrogens is 2. The van der Waals surface area contributed by atoms with Crippen LogP contribution in [0, 0.1) is 6.92 Å². The molecule has 0 spiro atoms. The number of amides is 1. The van der Waals surface area contributed by atoms with Crippen LogP contribution in [0.4, 0.5) is 5.13 Å². The van der Waals surface area contributed by atoms with Gasteiger partial charge in [0.15, 0.2) is 10.8 Å². The molecule has 2 aromatic heterocycles. The first kappa shape index (κ1) is 13.1. The first-order valence-corrected chi connectivity index (χ1v) is 7.49. The highest BCUT2D eigenvalue weighted by Crippen LogP contribution is 2.26. The van der Waals surface area contributed by atoms with E-state index in [9.17, 15) is 4.79 Å². The van der Waals surface area contributed by atoms with Crippen molar-refractivity contribution in [2.45, 2.75) is 25.8 Å². The summed E-state index contributed by atoms with van der Waals surface area (Å²) in [6.07, 6.45) is 4.01. The van der Waals surface area contributed by atoms with E-state index < -0.39 is 0 Å². The number of carbonyl (C=O) groups excluding carboxylic acids is 1. The van der Waals surface area contributed by atoms with Crippen molar-refractivity contribution in [2.24, 2.45) is 0 Å². The largest absolute Gasteiger partial charge is 0.361 e. The van der Waals surface area contributed by atoms with Crippen LogP contribution in [0.25, 0.3) is 0 Å². The van der Waals surface area contributed by atoms with Crippen LogP contribution in [0.2, 0.25) is 0 Å². The van der Waals surface area contributed by atoms with E-state index in [2.05, 4.69) is 20.4 Å². The van der Waals surface area contributed by atoms with Gasteiger partial charge in [0.05, 0.1) is 0 Å². The summed E-state index contributed by atoms with van der Waals surface area (Å²) in [6.45, 7) is 3.37. The highest BCUT2D eigenvalue weighted by Gasteiger charge is 2.26. The summed E-state index contributed by atoms with van der Waals surface area (Å²) in [5.74, 6) is 0.452. The lowest BCUT2D eigenvalue weighted by Gasteiger charge is -2.23. The Morgan fingerprint density at radius 3 is 3.25 bits per heavy atom. The Hall–Kier alpha value is -1.89. The van der Waals surface area contributed by atoms with E-state index in [0.717, 1.165) is 24.5 Å². The van der Waals surface area contributed by atoms with Crippen molar-refractivity contribution in [2.75, 3.05) is 18.0 Å². The van der Waals surface area contributed by atoms with Crippen molar-refractivity contribution in [1.82, 2.24) is 15.5 Å². The Morgan fingerprint density at radius 1 is 1.65 bits per heavy atom. The maximum atomic E-state index is 11.9. The Morgan fingerprint density at radius 2 is 2.55 bits per heavy atom. The predicted octanol–water partition coefficient (Wildman–Crippen LogP) is 1.84. The fraction of sp³-hybridized carbons (Fsp3) is 0.462. The number of nitrogens with one attached hydrogen (secondary N) is 1. The summed E-state index contributed by atoms with van der Waals surface area (Å²) >= 11 is 1.63. The molecule has 1 fully saturated rings. The van der Waals surface area contributed by atoms with Gasteiger partial charge >= 0.3 is 0 Å². The standard InChI is InChI=1S/C13H16N4O2S/c1-9-7-11(16-19-9)12(18)15-8-10-3-2-5-17(10)13-14-4-6-20-13/h4,6-7,10H,2-3,5,8H2,1H3,(H,15,18). The molecule has 0 aromatic carbocycles. The molecule has 0 aliphatic carbocycles. The third kappa shape index (κ3) is 2.67. The Balaban J connectivity index is 1.59. The molecule has 3 rings (SSSR count). The Kier molecular flexibility index (Phi) is 3.68. The number of anilines is 1. The zero-order valence-corrected chi connectivity index (χ0v) is 12.0. The average Bonchev–Trinajstić information content (AvgIpc) is 3.16. The van der Waals surface area contributed by atoms with E-state index in [-0.39, 0.29) is 5.91 Å². The topological polar surface area (TPSA) is 71.3 Å². The van der Waals surface area contributed by atoms with Gasteiger partial charge in [-0.3, -0.25) is 4.79 Å². The molecule has 106 valence electrons. The summed E-state index contributed by atoms with van der Waals surface area (Å²) in [5, 5.41) is 9.64. The molecule has 0 saturated carbocycles. The molecule has 1 N–H and O–H groups in total. The van der Waals surface area contributed by atoms with Gasteiger partial charge in [0.1, 0.15) is 5.76 Å². The molecular formula is C13H16N4O2S. The Labute approximate surface area is 120 Å². The van der Waals surface area contributed by atoms with Crippen LogP contribution in [0.15, 0.2) is 22.2 Å². The monoisotopic (exact) mass is 292 g/mol. The summed E-state index contributed by atoms with van der Waals surface area (Å²) in [4.78, 5) is 18.5. The van der Waals surface area contributed by atoms with Crippen LogP contribution in [-0.4, -0.2) is 35.2 Å². The van der Waals surface area contributed by atoms with Gasteiger partial charge in [0.2, 0.25) is 0 Å². The molecule has 1 aliphatic rings. The summed E-state index contributed by atoms with van der Waals surface area (Å²) in [6, 6.07) is 1.95. The van der Waals surface area contributed by atoms with Crippen LogP contribution in [0.1, 0.15) is 29.1 Å². The lowest BCUT2D eigenvalue weighted by Crippen LogP contribution is -2.40. The van der Waals surface area contributed by atoms with Crippen molar-refractivity contribution < 1.29 is 9.32 Å². The number of hydrogen-bond acceptors (Lipinski definition) is 6. The summed E-state index contributed by atoms with van der Waals surface area (Å²) < 4.78 is 4.91. The van der Waals surface area contributed by atoms with Crippen LogP contribution in [-0.2, 0) is 0 Å². The van der Waals surface area contributed by atoms with Gasteiger partial charge in [0.25, 0.3) is 5.91 Å². The Bertz CT molecular complexity index is 581. The van der Waals surface area contributed by atoms with Crippen LogP contribution >= 0.6 is 11.3 Å². The lowest BCUT2D eigenvalue weighted by molar-refractivity contribution is 0.0942. The molecule has 3 heterocycles. The SMILES string of the molecule is Cc1cc(C(=O)NCC2CCCN2c2nccs2)no1. The zero-order chi connectivity index (χ0) is 13.9. The van der Waals surface area contributed by atoms with Crippen molar-refractivity contribution in [1.29, 1.82) is 0 Å². The van der Waals surface area contributed by atoms with Gasteiger partial charge < -0.3 is 14.7 Å². The number of rotatable bonds is 4. The molecule has 6 nitrogen and oxygen atoms in total.